The second-order valence-electron chi connectivity index (χ2n) is 5.70. The molecule has 0 aliphatic rings. The lowest BCUT2D eigenvalue weighted by Gasteiger charge is -2.14. The van der Waals surface area contributed by atoms with Crippen LogP contribution in [0.5, 0.6) is 0 Å². The molecular formula is C17H30IN3O2S. The molecule has 1 rings (SSSR count). The van der Waals surface area contributed by atoms with E-state index in [0.29, 0.717) is 25.0 Å². The molecule has 138 valence electrons. The fraction of sp³-hybridized carbons (Fsp3) is 0.588. The third-order valence-corrected chi connectivity index (χ3v) is 5.33. The van der Waals surface area contributed by atoms with Gasteiger partial charge in [-0.25, -0.2) is 8.42 Å². The molecule has 1 aromatic rings. The Morgan fingerprint density at radius 1 is 1.25 bits per heavy atom. The maximum atomic E-state index is 11.5. The molecule has 0 saturated carbocycles. The van der Waals surface area contributed by atoms with Crippen LogP contribution in [0.15, 0.2) is 29.3 Å². The summed E-state index contributed by atoms with van der Waals surface area (Å²) in [7, 11) is -2.95. The highest BCUT2D eigenvalue weighted by atomic mass is 127. The van der Waals surface area contributed by atoms with Crippen molar-refractivity contribution in [1.82, 2.24) is 10.6 Å². The fourth-order valence-electron chi connectivity index (χ4n) is 2.12. The first-order valence-electron chi connectivity index (χ1n) is 8.17. The Morgan fingerprint density at radius 2 is 1.96 bits per heavy atom. The Bertz CT molecular complexity index is 618. The SMILES string of the molecule is CCNC(=NCC(C)c1cccc(C)c1)NCCS(=O)(=O)CC.I. The van der Waals surface area contributed by atoms with Crippen LogP contribution in [0.25, 0.3) is 0 Å². The lowest BCUT2D eigenvalue weighted by molar-refractivity contribution is 0.595. The molecule has 0 aliphatic heterocycles. The highest BCUT2D eigenvalue weighted by Gasteiger charge is 2.08. The molecule has 0 fully saturated rings. The van der Waals surface area contributed by atoms with Gasteiger partial charge in [0.2, 0.25) is 0 Å². The Morgan fingerprint density at radius 3 is 2.54 bits per heavy atom. The van der Waals surface area contributed by atoms with Crippen LogP contribution in [0.4, 0.5) is 0 Å². The van der Waals surface area contributed by atoms with E-state index in [-0.39, 0.29) is 35.5 Å². The predicted molar refractivity (Wildman–Crippen MR) is 113 cm³/mol. The molecule has 1 atom stereocenters. The van der Waals surface area contributed by atoms with Gasteiger partial charge in [0.25, 0.3) is 0 Å². The quantitative estimate of drug-likeness (QED) is 0.351. The normalized spacial score (nSPS) is 13.1. The monoisotopic (exact) mass is 467 g/mol. The minimum absolute atomic E-state index is 0. The molecule has 0 saturated heterocycles. The molecule has 1 unspecified atom stereocenters. The van der Waals surface area contributed by atoms with Crippen molar-refractivity contribution in [3.05, 3.63) is 35.4 Å². The molecule has 2 N–H and O–H groups in total. The van der Waals surface area contributed by atoms with Crippen LogP contribution in [0, 0.1) is 6.92 Å². The molecule has 0 bridgehead atoms. The van der Waals surface area contributed by atoms with Crippen LogP contribution in [0.2, 0.25) is 0 Å². The van der Waals surface area contributed by atoms with Gasteiger partial charge in [0, 0.05) is 31.3 Å². The summed E-state index contributed by atoms with van der Waals surface area (Å²) in [5, 5.41) is 6.24. The smallest absolute Gasteiger partial charge is 0.191 e. The zero-order chi connectivity index (χ0) is 17.3. The van der Waals surface area contributed by atoms with E-state index in [4.69, 9.17) is 0 Å². The standard InChI is InChI=1S/C17H29N3O2S.HI/c1-5-18-17(19-10-11-23(21,22)6-2)20-13-15(4)16-9-7-8-14(3)12-16;/h7-9,12,15H,5-6,10-11,13H2,1-4H3,(H2,18,19,20);1H. The number of benzene rings is 1. The highest BCUT2D eigenvalue weighted by molar-refractivity contribution is 14.0. The molecule has 0 aliphatic carbocycles. The van der Waals surface area contributed by atoms with E-state index < -0.39 is 9.84 Å². The average molecular weight is 467 g/mol. The van der Waals surface area contributed by atoms with Gasteiger partial charge in [-0.2, -0.15) is 0 Å². The lowest BCUT2D eigenvalue weighted by atomic mass is 10.00. The van der Waals surface area contributed by atoms with Crippen molar-refractivity contribution in [3.63, 3.8) is 0 Å². The Balaban J connectivity index is 0.00000529. The van der Waals surface area contributed by atoms with Gasteiger partial charge in [0.15, 0.2) is 15.8 Å². The number of rotatable bonds is 8. The van der Waals surface area contributed by atoms with Gasteiger partial charge in [-0.05, 0) is 19.4 Å². The van der Waals surface area contributed by atoms with Crippen LogP contribution < -0.4 is 10.6 Å². The first kappa shape index (κ1) is 23.2. The molecular weight excluding hydrogens is 437 g/mol. The molecule has 0 spiro atoms. The van der Waals surface area contributed by atoms with Crippen molar-refractivity contribution in [2.75, 3.05) is 31.1 Å². The van der Waals surface area contributed by atoms with Crippen LogP contribution >= 0.6 is 24.0 Å². The molecule has 0 heterocycles. The van der Waals surface area contributed by atoms with Crippen molar-refractivity contribution in [3.8, 4) is 0 Å². The number of sulfone groups is 1. The van der Waals surface area contributed by atoms with E-state index in [0.717, 1.165) is 6.54 Å². The minimum atomic E-state index is -2.95. The fourth-order valence-corrected chi connectivity index (χ4v) is 2.82. The summed E-state index contributed by atoms with van der Waals surface area (Å²) in [4.78, 5) is 4.56. The third kappa shape index (κ3) is 8.86. The predicted octanol–water partition coefficient (Wildman–Crippen LogP) is 2.71. The number of nitrogens with one attached hydrogen (secondary N) is 2. The van der Waals surface area contributed by atoms with Gasteiger partial charge >= 0.3 is 0 Å². The Labute approximate surface area is 163 Å². The molecule has 7 heteroatoms. The number of hydrogen-bond acceptors (Lipinski definition) is 3. The van der Waals surface area contributed by atoms with Gasteiger partial charge in [-0.1, -0.05) is 43.7 Å². The van der Waals surface area contributed by atoms with Crippen molar-refractivity contribution in [1.29, 1.82) is 0 Å². The van der Waals surface area contributed by atoms with Crippen LogP contribution in [0.3, 0.4) is 0 Å². The topological polar surface area (TPSA) is 70.6 Å². The van der Waals surface area contributed by atoms with E-state index in [2.05, 4.69) is 53.7 Å². The number of aryl methyl sites for hydroxylation is 1. The molecule has 1 aromatic carbocycles. The van der Waals surface area contributed by atoms with E-state index in [1.54, 1.807) is 6.92 Å². The first-order valence-corrected chi connectivity index (χ1v) is 9.99. The summed E-state index contributed by atoms with van der Waals surface area (Å²) >= 11 is 0. The molecule has 0 radical (unpaired) electrons. The number of guanidine groups is 1. The maximum Gasteiger partial charge on any atom is 0.191 e. The summed E-state index contributed by atoms with van der Waals surface area (Å²) < 4.78 is 23.0. The van der Waals surface area contributed by atoms with E-state index in [9.17, 15) is 8.42 Å². The zero-order valence-electron chi connectivity index (χ0n) is 15.0. The number of hydrogen-bond donors (Lipinski definition) is 2. The van der Waals surface area contributed by atoms with Crippen molar-refractivity contribution in [2.24, 2.45) is 4.99 Å². The second kappa shape index (κ2) is 11.7. The molecule has 0 amide bonds. The number of halogens is 1. The summed E-state index contributed by atoms with van der Waals surface area (Å²) in [6.07, 6.45) is 0. The maximum absolute atomic E-state index is 11.5. The van der Waals surface area contributed by atoms with Gasteiger partial charge in [-0.15, -0.1) is 24.0 Å². The Kier molecular flexibility index (Phi) is 11.3. The molecule has 0 aromatic heterocycles. The van der Waals surface area contributed by atoms with Crippen molar-refractivity contribution in [2.45, 2.75) is 33.6 Å². The largest absolute Gasteiger partial charge is 0.357 e. The Hall–Kier alpha value is -0.830. The van der Waals surface area contributed by atoms with E-state index in [1.165, 1.54) is 11.1 Å². The number of aliphatic imine (C=N–C) groups is 1. The van der Waals surface area contributed by atoms with Crippen molar-refractivity contribution >= 4 is 39.8 Å². The van der Waals surface area contributed by atoms with Crippen LogP contribution in [-0.2, 0) is 9.84 Å². The van der Waals surface area contributed by atoms with Crippen molar-refractivity contribution < 1.29 is 8.42 Å². The van der Waals surface area contributed by atoms with Gasteiger partial charge in [-0.3, -0.25) is 4.99 Å². The molecule has 24 heavy (non-hydrogen) atoms. The van der Waals surface area contributed by atoms with Crippen LogP contribution in [-0.4, -0.2) is 45.5 Å². The third-order valence-electron chi connectivity index (χ3n) is 3.62. The first-order chi connectivity index (χ1) is 10.9. The van der Waals surface area contributed by atoms with E-state index >= 15 is 0 Å². The summed E-state index contributed by atoms with van der Waals surface area (Å²) in [5.41, 5.74) is 2.51. The van der Waals surface area contributed by atoms with E-state index in [1.807, 2.05) is 6.92 Å². The summed E-state index contributed by atoms with van der Waals surface area (Å²) in [6, 6.07) is 8.43. The van der Waals surface area contributed by atoms with Gasteiger partial charge < -0.3 is 10.6 Å². The highest BCUT2D eigenvalue weighted by Crippen LogP contribution is 2.16. The zero-order valence-corrected chi connectivity index (χ0v) is 18.1. The number of nitrogens with zero attached hydrogens (tertiary/aromatic N) is 1. The van der Waals surface area contributed by atoms with Crippen LogP contribution in [0.1, 0.15) is 37.8 Å². The summed E-state index contributed by atoms with van der Waals surface area (Å²) in [5.74, 6) is 1.27. The minimum Gasteiger partial charge on any atom is -0.357 e. The van der Waals surface area contributed by atoms with Gasteiger partial charge in [0.1, 0.15) is 0 Å². The second-order valence-corrected chi connectivity index (χ2v) is 8.17. The molecule has 5 nitrogen and oxygen atoms in total. The van der Waals surface area contributed by atoms with Gasteiger partial charge in [0.05, 0.1) is 5.75 Å². The average Bonchev–Trinajstić information content (AvgIpc) is 2.52. The summed E-state index contributed by atoms with van der Waals surface area (Å²) in [6.45, 7) is 9.65. The lowest BCUT2D eigenvalue weighted by Crippen LogP contribution is -2.40.